The van der Waals surface area contributed by atoms with E-state index in [4.69, 9.17) is 11.5 Å². The molecule has 2 N–H and O–H groups in total. The van der Waals surface area contributed by atoms with Crippen molar-refractivity contribution >= 4 is 27.6 Å². The summed E-state index contributed by atoms with van der Waals surface area (Å²) < 4.78 is 0.741. The highest BCUT2D eigenvalue weighted by Crippen LogP contribution is 2.22. The second-order valence-corrected chi connectivity index (χ2v) is 4.57. The molecular weight excluding hydrogens is 282 g/mol. The van der Waals surface area contributed by atoms with Crippen molar-refractivity contribution in [3.8, 4) is 12.3 Å². The fourth-order valence-electron chi connectivity index (χ4n) is 1.48. The molecule has 17 heavy (non-hydrogen) atoms. The molecule has 0 fully saturated rings. The van der Waals surface area contributed by atoms with Gasteiger partial charge in [0.2, 0.25) is 0 Å². The van der Waals surface area contributed by atoms with Crippen molar-refractivity contribution in [3.05, 3.63) is 28.2 Å². The van der Waals surface area contributed by atoms with Crippen molar-refractivity contribution < 1.29 is 9.90 Å². The van der Waals surface area contributed by atoms with Gasteiger partial charge in [-0.25, -0.2) is 4.79 Å². The predicted molar refractivity (Wildman–Crippen MR) is 72.3 cm³/mol. The molecule has 3 nitrogen and oxygen atoms in total. The quantitative estimate of drug-likeness (QED) is 0.819. The van der Waals surface area contributed by atoms with Crippen LogP contribution in [-0.2, 0) is 0 Å². The first-order chi connectivity index (χ1) is 8.08. The number of anilines is 1. The first-order valence-corrected chi connectivity index (χ1v) is 6.10. The monoisotopic (exact) mass is 295 g/mol. The Morgan fingerprint density at radius 3 is 2.88 bits per heavy atom. The Kier molecular flexibility index (Phi) is 5.05. The van der Waals surface area contributed by atoms with Crippen LogP contribution < -0.4 is 5.32 Å². The maximum Gasteiger partial charge on any atom is 0.337 e. The first-order valence-electron chi connectivity index (χ1n) is 5.31. The third-order valence-corrected chi connectivity index (χ3v) is 2.92. The Morgan fingerprint density at radius 2 is 2.35 bits per heavy atom. The largest absolute Gasteiger partial charge is 0.478 e. The number of carboxylic acids is 1. The average molecular weight is 296 g/mol. The van der Waals surface area contributed by atoms with Gasteiger partial charge in [-0.2, -0.15) is 0 Å². The molecule has 0 aliphatic heterocycles. The fourth-order valence-corrected chi connectivity index (χ4v) is 1.84. The van der Waals surface area contributed by atoms with Crippen LogP contribution in [0.25, 0.3) is 0 Å². The molecule has 1 atom stereocenters. The number of aromatic carboxylic acids is 1. The van der Waals surface area contributed by atoms with E-state index in [1.165, 1.54) is 0 Å². The van der Waals surface area contributed by atoms with Gasteiger partial charge in [0.1, 0.15) is 0 Å². The molecule has 0 aliphatic rings. The number of hydrogen-bond donors (Lipinski definition) is 2. The minimum Gasteiger partial charge on any atom is -0.478 e. The van der Waals surface area contributed by atoms with Crippen LogP contribution in [0.5, 0.6) is 0 Å². The predicted octanol–water partition coefficient (Wildman–Crippen LogP) is 3.36. The van der Waals surface area contributed by atoms with Crippen LogP contribution in [0, 0.1) is 12.3 Å². The zero-order chi connectivity index (χ0) is 12.8. The zero-order valence-electron chi connectivity index (χ0n) is 9.53. The van der Waals surface area contributed by atoms with E-state index < -0.39 is 5.97 Å². The summed E-state index contributed by atoms with van der Waals surface area (Å²) in [6.07, 6.45) is 6.69. The van der Waals surface area contributed by atoms with Crippen LogP contribution in [0.15, 0.2) is 22.7 Å². The van der Waals surface area contributed by atoms with Crippen molar-refractivity contribution in [1.29, 1.82) is 0 Å². The third-order valence-electron chi connectivity index (χ3n) is 2.43. The second kappa shape index (κ2) is 6.31. The topological polar surface area (TPSA) is 49.3 Å². The summed E-state index contributed by atoms with van der Waals surface area (Å²) in [5.74, 6) is 1.63. The molecule has 0 heterocycles. The van der Waals surface area contributed by atoms with Crippen LogP contribution in [0.3, 0.4) is 0 Å². The van der Waals surface area contributed by atoms with Gasteiger partial charge in [0.25, 0.3) is 0 Å². The van der Waals surface area contributed by atoms with Gasteiger partial charge in [0.15, 0.2) is 0 Å². The molecule has 1 rings (SSSR count). The van der Waals surface area contributed by atoms with Crippen LogP contribution in [0.4, 0.5) is 5.69 Å². The lowest BCUT2D eigenvalue weighted by molar-refractivity contribution is 0.0698. The molecule has 90 valence electrons. The van der Waals surface area contributed by atoms with E-state index in [-0.39, 0.29) is 11.6 Å². The first kappa shape index (κ1) is 13.6. The summed E-state index contributed by atoms with van der Waals surface area (Å²) in [7, 11) is 0. The van der Waals surface area contributed by atoms with E-state index >= 15 is 0 Å². The molecule has 0 spiro atoms. The van der Waals surface area contributed by atoms with Crippen molar-refractivity contribution in [2.24, 2.45) is 0 Å². The number of rotatable bonds is 5. The van der Waals surface area contributed by atoms with Gasteiger partial charge >= 0.3 is 5.97 Å². The molecule has 0 aliphatic carbocycles. The van der Waals surface area contributed by atoms with Gasteiger partial charge < -0.3 is 10.4 Å². The number of hydrogen-bond acceptors (Lipinski definition) is 2. The van der Waals surface area contributed by atoms with Gasteiger partial charge in [-0.1, -0.05) is 22.9 Å². The summed E-state index contributed by atoms with van der Waals surface area (Å²) in [5.41, 5.74) is 0.845. The SMILES string of the molecule is C#CCC(CC)Nc1ccc(Br)cc1C(=O)O. The van der Waals surface area contributed by atoms with Crippen LogP contribution >= 0.6 is 15.9 Å². The third kappa shape index (κ3) is 3.79. The lowest BCUT2D eigenvalue weighted by Crippen LogP contribution is -2.19. The van der Waals surface area contributed by atoms with E-state index in [1.807, 2.05) is 6.92 Å². The molecule has 0 saturated heterocycles. The molecule has 0 bridgehead atoms. The molecule has 1 aromatic rings. The summed E-state index contributed by atoms with van der Waals surface area (Å²) in [6, 6.07) is 5.22. The van der Waals surface area contributed by atoms with E-state index in [2.05, 4.69) is 27.2 Å². The standard InChI is InChI=1S/C13H14BrNO2/c1-3-5-10(4-2)15-12-7-6-9(14)8-11(12)13(16)17/h1,6-8,10,15H,4-5H2,2H3,(H,16,17). The summed E-state index contributed by atoms with van der Waals surface area (Å²) in [4.78, 5) is 11.1. The lowest BCUT2D eigenvalue weighted by Gasteiger charge is -2.17. The number of terminal acetylenes is 1. The second-order valence-electron chi connectivity index (χ2n) is 3.65. The summed E-state index contributed by atoms with van der Waals surface area (Å²) >= 11 is 3.26. The van der Waals surface area contributed by atoms with Gasteiger partial charge in [-0.3, -0.25) is 0 Å². The minimum atomic E-state index is -0.954. The van der Waals surface area contributed by atoms with Gasteiger partial charge in [0, 0.05) is 22.6 Å². The molecule has 0 amide bonds. The van der Waals surface area contributed by atoms with Crippen molar-refractivity contribution in [2.75, 3.05) is 5.32 Å². The number of carboxylic acid groups (broad SMARTS) is 1. The minimum absolute atomic E-state index is 0.0966. The summed E-state index contributed by atoms with van der Waals surface area (Å²) in [5, 5.41) is 12.3. The molecule has 0 aromatic heterocycles. The van der Waals surface area contributed by atoms with Crippen molar-refractivity contribution in [3.63, 3.8) is 0 Å². The maximum atomic E-state index is 11.1. The highest BCUT2D eigenvalue weighted by atomic mass is 79.9. The molecular formula is C13H14BrNO2. The number of halogens is 1. The van der Waals surface area contributed by atoms with Gasteiger partial charge in [0.05, 0.1) is 5.56 Å². The molecule has 4 heteroatoms. The Hall–Kier alpha value is -1.47. The number of carbonyl (C=O) groups is 1. The lowest BCUT2D eigenvalue weighted by atomic mass is 10.1. The molecule has 0 radical (unpaired) electrons. The van der Waals surface area contributed by atoms with E-state index in [0.717, 1.165) is 10.9 Å². The zero-order valence-corrected chi connectivity index (χ0v) is 11.1. The maximum absolute atomic E-state index is 11.1. The normalized spacial score (nSPS) is 11.6. The van der Waals surface area contributed by atoms with Crippen LogP contribution in [0.2, 0.25) is 0 Å². The molecule has 0 saturated carbocycles. The Balaban J connectivity index is 2.97. The fraction of sp³-hybridized carbons (Fsp3) is 0.308. The molecule has 1 unspecified atom stereocenters. The Labute approximate surface area is 109 Å². The van der Waals surface area contributed by atoms with Crippen LogP contribution in [0.1, 0.15) is 30.1 Å². The average Bonchev–Trinajstić information content (AvgIpc) is 2.30. The Bertz CT molecular complexity index is 451. The molecule has 1 aromatic carbocycles. The highest BCUT2D eigenvalue weighted by molar-refractivity contribution is 9.10. The van der Waals surface area contributed by atoms with E-state index in [9.17, 15) is 4.79 Å². The highest BCUT2D eigenvalue weighted by Gasteiger charge is 2.13. The van der Waals surface area contributed by atoms with Crippen molar-refractivity contribution in [1.82, 2.24) is 0 Å². The number of nitrogens with one attached hydrogen (secondary N) is 1. The van der Waals surface area contributed by atoms with Gasteiger partial charge in [-0.05, 0) is 24.6 Å². The smallest absolute Gasteiger partial charge is 0.337 e. The van der Waals surface area contributed by atoms with E-state index in [0.29, 0.717) is 12.1 Å². The van der Waals surface area contributed by atoms with Crippen molar-refractivity contribution in [2.45, 2.75) is 25.8 Å². The van der Waals surface area contributed by atoms with Gasteiger partial charge in [-0.15, -0.1) is 12.3 Å². The Morgan fingerprint density at radius 1 is 1.65 bits per heavy atom. The van der Waals surface area contributed by atoms with E-state index in [1.54, 1.807) is 18.2 Å². The number of benzene rings is 1. The van der Waals surface area contributed by atoms with Crippen LogP contribution in [-0.4, -0.2) is 17.1 Å². The summed E-state index contributed by atoms with van der Waals surface area (Å²) in [6.45, 7) is 2.01.